The number of thioether (sulfide) groups is 1. The van der Waals surface area contributed by atoms with Gasteiger partial charge in [0.15, 0.2) is 5.16 Å². The largest absolute Gasteiger partial charge is 0.326 e. The van der Waals surface area contributed by atoms with Crippen LogP contribution in [-0.4, -0.2) is 32.3 Å². The van der Waals surface area contributed by atoms with Gasteiger partial charge in [-0.2, -0.15) is 0 Å². The van der Waals surface area contributed by atoms with Crippen molar-refractivity contribution in [2.75, 3.05) is 16.4 Å². The molecule has 0 saturated heterocycles. The predicted octanol–water partition coefficient (Wildman–Crippen LogP) is 5.13. The van der Waals surface area contributed by atoms with E-state index < -0.39 is 0 Å². The predicted molar refractivity (Wildman–Crippen MR) is 130 cm³/mol. The molecule has 3 rings (SSSR count). The van der Waals surface area contributed by atoms with E-state index in [4.69, 9.17) is 23.2 Å². The maximum atomic E-state index is 12.5. The topological polar surface area (TPSA) is 88.9 Å². The standard InChI is InChI=1S/C22H23Cl2N5O2S/c1-4-29-19(11-20(30)25-15-7-5-13(2)17(23)9-15)27-28-22(29)32-12-21(31)26-16-8-6-14(3)18(24)10-16/h5-10H,4,11-12H2,1-3H3,(H,25,30)(H,26,31). The van der Waals surface area contributed by atoms with Gasteiger partial charge in [0.1, 0.15) is 5.82 Å². The summed E-state index contributed by atoms with van der Waals surface area (Å²) < 4.78 is 1.82. The van der Waals surface area contributed by atoms with E-state index in [9.17, 15) is 9.59 Å². The molecule has 0 fully saturated rings. The summed E-state index contributed by atoms with van der Waals surface area (Å²) in [5.41, 5.74) is 3.14. The van der Waals surface area contributed by atoms with E-state index in [1.165, 1.54) is 11.8 Å². The number of benzene rings is 2. The zero-order valence-electron chi connectivity index (χ0n) is 17.9. The average Bonchev–Trinajstić information content (AvgIpc) is 3.13. The number of rotatable bonds is 8. The Morgan fingerprint density at radius 1 is 0.938 bits per heavy atom. The molecule has 2 amide bonds. The summed E-state index contributed by atoms with van der Waals surface area (Å²) >= 11 is 13.5. The van der Waals surface area contributed by atoms with Crippen molar-refractivity contribution in [1.29, 1.82) is 0 Å². The molecule has 2 aromatic carbocycles. The second kappa shape index (κ2) is 10.8. The number of carbonyl (C=O) groups is 2. The van der Waals surface area contributed by atoms with E-state index in [0.29, 0.717) is 38.9 Å². The summed E-state index contributed by atoms with van der Waals surface area (Å²) in [5, 5.41) is 15.7. The number of anilines is 2. The summed E-state index contributed by atoms with van der Waals surface area (Å²) in [4.78, 5) is 24.8. The van der Waals surface area contributed by atoms with Crippen molar-refractivity contribution in [1.82, 2.24) is 14.8 Å². The first kappa shape index (κ1) is 24.1. The van der Waals surface area contributed by atoms with E-state index in [1.807, 2.05) is 37.5 Å². The third-order valence-electron chi connectivity index (χ3n) is 4.67. The maximum Gasteiger partial charge on any atom is 0.234 e. The number of hydrogen-bond acceptors (Lipinski definition) is 5. The number of aromatic nitrogens is 3. The highest BCUT2D eigenvalue weighted by Gasteiger charge is 2.16. The first-order valence-electron chi connectivity index (χ1n) is 9.93. The minimum absolute atomic E-state index is 0.0565. The molecule has 1 aromatic heterocycles. The lowest BCUT2D eigenvalue weighted by Crippen LogP contribution is -2.18. The van der Waals surface area contributed by atoms with Crippen LogP contribution >= 0.6 is 35.0 Å². The molecule has 0 aliphatic rings. The van der Waals surface area contributed by atoms with Gasteiger partial charge in [-0.05, 0) is 56.2 Å². The lowest BCUT2D eigenvalue weighted by atomic mass is 10.2. The number of nitrogens with zero attached hydrogens (tertiary/aromatic N) is 3. The Bertz CT molecular complexity index is 1150. The number of amides is 2. The Labute approximate surface area is 200 Å². The van der Waals surface area contributed by atoms with Crippen LogP contribution in [0.2, 0.25) is 10.0 Å². The molecule has 32 heavy (non-hydrogen) atoms. The van der Waals surface area contributed by atoms with Crippen molar-refractivity contribution in [2.24, 2.45) is 0 Å². The van der Waals surface area contributed by atoms with Crippen LogP contribution in [0.25, 0.3) is 0 Å². The number of halogens is 2. The molecule has 0 atom stereocenters. The number of carbonyl (C=O) groups excluding carboxylic acids is 2. The van der Waals surface area contributed by atoms with Gasteiger partial charge in [-0.1, -0.05) is 47.1 Å². The molecule has 0 radical (unpaired) electrons. The molecule has 10 heteroatoms. The summed E-state index contributed by atoms with van der Waals surface area (Å²) in [6, 6.07) is 10.7. The molecule has 1 heterocycles. The van der Waals surface area contributed by atoms with Gasteiger partial charge in [0, 0.05) is 28.0 Å². The summed E-state index contributed by atoms with van der Waals surface area (Å²) in [5.74, 6) is 0.266. The smallest absolute Gasteiger partial charge is 0.234 e. The highest BCUT2D eigenvalue weighted by molar-refractivity contribution is 7.99. The molecule has 3 aromatic rings. The van der Waals surface area contributed by atoms with Gasteiger partial charge in [0.25, 0.3) is 0 Å². The summed E-state index contributed by atoms with van der Waals surface area (Å²) in [6.07, 6.45) is 0.0565. The zero-order chi connectivity index (χ0) is 23.3. The van der Waals surface area contributed by atoms with Crippen LogP contribution in [0.5, 0.6) is 0 Å². The quantitative estimate of drug-likeness (QED) is 0.426. The van der Waals surface area contributed by atoms with E-state index in [2.05, 4.69) is 20.8 Å². The Balaban J connectivity index is 1.58. The molecule has 168 valence electrons. The van der Waals surface area contributed by atoms with Crippen LogP contribution in [0.15, 0.2) is 41.6 Å². The Morgan fingerprint density at radius 2 is 1.50 bits per heavy atom. The van der Waals surface area contributed by atoms with Crippen LogP contribution in [-0.2, 0) is 22.6 Å². The highest BCUT2D eigenvalue weighted by Crippen LogP contribution is 2.22. The fourth-order valence-corrected chi connectivity index (χ4v) is 4.07. The monoisotopic (exact) mass is 491 g/mol. The number of hydrogen-bond donors (Lipinski definition) is 2. The van der Waals surface area contributed by atoms with E-state index in [1.54, 1.807) is 24.3 Å². The van der Waals surface area contributed by atoms with Crippen molar-refractivity contribution in [2.45, 2.75) is 38.9 Å². The van der Waals surface area contributed by atoms with Crippen LogP contribution in [0.4, 0.5) is 11.4 Å². The molecule has 0 saturated carbocycles. The fourth-order valence-electron chi connectivity index (χ4n) is 2.89. The molecular weight excluding hydrogens is 469 g/mol. The first-order valence-corrected chi connectivity index (χ1v) is 11.7. The fraction of sp³-hybridized carbons (Fsp3) is 0.273. The Kier molecular flexibility index (Phi) is 8.17. The molecular formula is C22H23Cl2N5O2S. The van der Waals surface area contributed by atoms with Crippen LogP contribution in [0.1, 0.15) is 23.9 Å². The molecule has 0 spiro atoms. The maximum absolute atomic E-state index is 12.5. The lowest BCUT2D eigenvalue weighted by Gasteiger charge is -2.09. The van der Waals surface area contributed by atoms with Gasteiger partial charge in [0.05, 0.1) is 12.2 Å². The Hall–Kier alpha value is -2.55. The van der Waals surface area contributed by atoms with E-state index >= 15 is 0 Å². The molecule has 0 bridgehead atoms. The average molecular weight is 492 g/mol. The minimum atomic E-state index is -0.224. The third-order valence-corrected chi connectivity index (χ3v) is 6.45. The van der Waals surface area contributed by atoms with Gasteiger partial charge in [-0.3, -0.25) is 9.59 Å². The molecule has 2 N–H and O–H groups in total. The SMILES string of the molecule is CCn1c(CC(=O)Nc2ccc(C)c(Cl)c2)nnc1SCC(=O)Nc1ccc(C)c(Cl)c1. The number of aryl methyl sites for hydroxylation is 2. The van der Waals surface area contributed by atoms with Crippen molar-refractivity contribution in [3.8, 4) is 0 Å². The van der Waals surface area contributed by atoms with Crippen LogP contribution in [0.3, 0.4) is 0 Å². The molecule has 0 aliphatic heterocycles. The second-order valence-electron chi connectivity index (χ2n) is 7.13. The van der Waals surface area contributed by atoms with Crippen LogP contribution in [0, 0.1) is 13.8 Å². The first-order chi connectivity index (χ1) is 15.3. The molecule has 0 aliphatic carbocycles. The van der Waals surface area contributed by atoms with Gasteiger partial charge in [-0.25, -0.2) is 0 Å². The van der Waals surface area contributed by atoms with Crippen molar-refractivity contribution < 1.29 is 9.59 Å². The normalized spacial score (nSPS) is 10.8. The van der Waals surface area contributed by atoms with Gasteiger partial charge in [0.2, 0.25) is 11.8 Å². The van der Waals surface area contributed by atoms with E-state index in [-0.39, 0.29) is 24.0 Å². The van der Waals surface area contributed by atoms with Crippen molar-refractivity contribution >= 4 is 58.2 Å². The van der Waals surface area contributed by atoms with Crippen molar-refractivity contribution in [3.63, 3.8) is 0 Å². The van der Waals surface area contributed by atoms with Crippen molar-refractivity contribution in [3.05, 3.63) is 63.4 Å². The van der Waals surface area contributed by atoms with Gasteiger partial charge >= 0.3 is 0 Å². The van der Waals surface area contributed by atoms with E-state index in [0.717, 1.165) is 11.1 Å². The van der Waals surface area contributed by atoms with Gasteiger partial charge in [-0.15, -0.1) is 10.2 Å². The second-order valence-corrected chi connectivity index (χ2v) is 8.89. The lowest BCUT2D eigenvalue weighted by molar-refractivity contribution is -0.116. The minimum Gasteiger partial charge on any atom is -0.326 e. The number of nitrogens with one attached hydrogen (secondary N) is 2. The molecule has 7 nitrogen and oxygen atoms in total. The summed E-state index contributed by atoms with van der Waals surface area (Å²) in [6.45, 7) is 6.30. The Morgan fingerprint density at radius 3 is 2.03 bits per heavy atom. The highest BCUT2D eigenvalue weighted by atomic mass is 35.5. The van der Waals surface area contributed by atoms with Crippen LogP contribution < -0.4 is 10.6 Å². The molecule has 0 unspecified atom stereocenters. The third kappa shape index (κ3) is 6.25. The summed E-state index contributed by atoms with van der Waals surface area (Å²) in [7, 11) is 0. The zero-order valence-corrected chi connectivity index (χ0v) is 20.2. The van der Waals surface area contributed by atoms with Gasteiger partial charge < -0.3 is 15.2 Å².